The van der Waals surface area contributed by atoms with Gasteiger partial charge in [0.2, 0.25) is 0 Å². The van der Waals surface area contributed by atoms with Crippen molar-refractivity contribution in [3.05, 3.63) is 82.9 Å². The lowest BCUT2D eigenvalue weighted by Gasteiger charge is -2.12. The lowest BCUT2D eigenvalue weighted by Crippen LogP contribution is -2.21. The number of benzene rings is 3. The van der Waals surface area contributed by atoms with Gasteiger partial charge in [-0.25, -0.2) is 5.43 Å². The number of halogens is 1. The minimum atomic E-state index is -0.411. The lowest BCUT2D eigenvalue weighted by molar-refractivity contribution is -0.118. The highest BCUT2D eigenvalue weighted by molar-refractivity contribution is 6.30. The number of rotatable bonds is 9. The Hall–Kier alpha value is -4.04. The van der Waals surface area contributed by atoms with Crippen molar-refractivity contribution < 1.29 is 23.8 Å². The molecule has 3 aromatic rings. The standard InChI is InChI=1S/C24H22ClN3O5/c1-31-19-7-5-6-16(13-19)24(30)28-26-14-17-12-18(25)10-11-21(17)33-15-23(29)27-20-8-3-4-9-22(20)32-2/h3-14H,15H2,1-2H3,(H,27,29)(H,28,30)/b26-14+. The maximum Gasteiger partial charge on any atom is 0.271 e. The molecule has 0 saturated heterocycles. The lowest BCUT2D eigenvalue weighted by atomic mass is 10.2. The van der Waals surface area contributed by atoms with E-state index in [1.54, 1.807) is 66.7 Å². The van der Waals surface area contributed by atoms with Gasteiger partial charge in [-0.15, -0.1) is 0 Å². The molecule has 3 aromatic carbocycles. The van der Waals surface area contributed by atoms with Crippen LogP contribution in [0.15, 0.2) is 71.8 Å². The van der Waals surface area contributed by atoms with Gasteiger partial charge in [0.1, 0.15) is 17.2 Å². The number of carbonyl (C=O) groups excluding carboxylic acids is 2. The van der Waals surface area contributed by atoms with E-state index in [0.717, 1.165) is 0 Å². The molecule has 0 aliphatic rings. The number of hydrogen-bond acceptors (Lipinski definition) is 6. The third-order valence-electron chi connectivity index (χ3n) is 4.41. The van der Waals surface area contributed by atoms with Crippen LogP contribution in [0, 0.1) is 0 Å². The molecule has 2 N–H and O–H groups in total. The SMILES string of the molecule is COc1cccc(C(=O)N/N=C/c2cc(Cl)ccc2OCC(=O)Nc2ccccc2OC)c1. The van der Waals surface area contributed by atoms with Crippen molar-refractivity contribution in [3.63, 3.8) is 0 Å². The van der Waals surface area contributed by atoms with Crippen molar-refractivity contribution in [2.45, 2.75) is 0 Å². The van der Waals surface area contributed by atoms with E-state index in [4.69, 9.17) is 25.8 Å². The summed E-state index contributed by atoms with van der Waals surface area (Å²) < 4.78 is 16.0. The summed E-state index contributed by atoms with van der Waals surface area (Å²) in [5.74, 6) is 0.684. The highest BCUT2D eigenvalue weighted by atomic mass is 35.5. The molecule has 2 amide bonds. The van der Waals surface area contributed by atoms with Crippen molar-refractivity contribution in [1.29, 1.82) is 0 Å². The van der Waals surface area contributed by atoms with Crippen LogP contribution >= 0.6 is 11.6 Å². The van der Waals surface area contributed by atoms with Crippen LogP contribution in [0.4, 0.5) is 5.69 Å². The Morgan fingerprint density at radius 3 is 2.58 bits per heavy atom. The molecule has 0 heterocycles. The van der Waals surface area contributed by atoms with Crippen LogP contribution in [0.3, 0.4) is 0 Å². The summed E-state index contributed by atoms with van der Waals surface area (Å²) in [4.78, 5) is 24.6. The summed E-state index contributed by atoms with van der Waals surface area (Å²) in [6.07, 6.45) is 1.39. The molecule has 0 atom stereocenters. The van der Waals surface area contributed by atoms with Crippen molar-refractivity contribution in [2.24, 2.45) is 5.10 Å². The first-order chi connectivity index (χ1) is 16.0. The third-order valence-corrected chi connectivity index (χ3v) is 4.65. The van der Waals surface area contributed by atoms with E-state index in [9.17, 15) is 9.59 Å². The number of ether oxygens (including phenoxy) is 3. The number of anilines is 1. The Balaban J connectivity index is 1.63. The van der Waals surface area contributed by atoms with Gasteiger partial charge in [0.05, 0.1) is 26.1 Å². The number of nitrogens with zero attached hydrogens (tertiary/aromatic N) is 1. The van der Waals surface area contributed by atoms with E-state index >= 15 is 0 Å². The third kappa shape index (κ3) is 6.72. The van der Waals surface area contributed by atoms with Crippen LogP contribution < -0.4 is 25.0 Å². The number of para-hydroxylation sites is 2. The number of nitrogens with one attached hydrogen (secondary N) is 2. The first kappa shape index (κ1) is 23.6. The second-order valence-corrected chi connectivity index (χ2v) is 7.09. The molecule has 0 fully saturated rings. The fourth-order valence-electron chi connectivity index (χ4n) is 2.82. The van der Waals surface area contributed by atoms with Crippen molar-refractivity contribution >= 4 is 35.3 Å². The first-order valence-electron chi connectivity index (χ1n) is 9.83. The molecule has 3 rings (SSSR count). The number of hydrogen-bond donors (Lipinski definition) is 2. The van der Waals surface area contributed by atoms with Gasteiger partial charge in [-0.3, -0.25) is 9.59 Å². The molecule has 0 spiro atoms. The van der Waals surface area contributed by atoms with Crippen molar-refractivity contribution in [2.75, 3.05) is 26.1 Å². The minimum Gasteiger partial charge on any atom is -0.497 e. The predicted octanol–water partition coefficient (Wildman–Crippen LogP) is 4.14. The molecular weight excluding hydrogens is 446 g/mol. The van der Waals surface area contributed by atoms with E-state index in [2.05, 4.69) is 15.8 Å². The number of hydrazone groups is 1. The molecule has 0 aromatic heterocycles. The average Bonchev–Trinajstić information content (AvgIpc) is 2.83. The van der Waals surface area contributed by atoms with Crippen LogP contribution in [-0.2, 0) is 4.79 Å². The number of methoxy groups -OCH3 is 2. The molecule has 8 nitrogen and oxygen atoms in total. The van der Waals surface area contributed by atoms with E-state index in [1.807, 2.05) is 0 Å². The van der Waals surface area contributed by atoms with Gasteiger partial charge in [0.25, 0.3) is 11.8 Å². The Bertz CT molecular complexity index is 1170. The molecule has 0 radical (unpaired) electrons. The van der Waals surface area contributed by atoms with Gasteiger partial charge in [0.15, 0.2) is 6.61 Å². The van der Waals surface area contributed by atoms with E-state index in [1.165, 1.54) is 20.4 Å². The number of amides is 2. The van der Waals surface area contributed by atoms with Crippen LogP contribution in [-0.4, -0.2) is 38.9 Å². The summed E-state index contributed by atoms with van der Waals surface area (Å²) in [6, 6.07) is 18.6. The van der Waals surface area contributed by atoms with Gasteiger partial charge in [-0.1, -0.05) is 29.8 Å². The summed E-state index contributed by atoms with van der Waals surface area (Å²) in [7, 11) is 3.04. The van der Waals surface area contributed by atoms with Gasteiger partial charge >= 0.3 is 0 Å². The van der Waals surface area contributed by atoms with Gasteiger partial charge in [-0.05, 0) is 48.5 Å². The summed E-state index contributed by atoms with van der Waals surface area (Å²) >= 11 is 6.08. The molecule has 0 bridgehead atoms. The Kier molecular flexibility index (Phi) is 8.26. The minimum absolute atomic E-state index is 0.253. The van der Waals surface area contributed by atoms with E-state index < -0.39 is 5.91 Å². The molecule has 9 heteroatoms. The average molecular weight is 468 g/mol. The quantitative estimate of drug-likeness (QED) is 0.364. The van der Waals surface area contributed by atoms with Crippen LogP contribution in [0.5, 0.6) is 17.2 Å². The van der Waals surface area contributed by atoms with Crippen LogP contribution in [0.1, 0.15) is 15.9 Å². The smallest absolute Gasteiger partial charge is 0.271 e. The maximum absolute atomic E-state index is 12.3. The van der Waals surface area contributed by atoms with Gasteiger partial charge in [-0.2, -0.15) is 5.10 Å². The Labute approximate surface area is 196 Å². The molecule has 170 valence electrons. The largest absolute Gasteiger partial charge is 0.497 e. The summed E-state index contributed by atoms with van der Waals surface area (Å²) in [6.45, 7) is -0.253. The maximum atomic E-state index is 12.3. The van der Waals surface area contributed by atoms with Crippen molar-refractivity contribution in [3.8, 4) is 17.2 Å². The summed E-state index contributed by atoms with van der Waals surface area (Å²) in [5, 5.41) is 7.15. The zero-order valence-corrected chi connectivity index (χ0v) is 18.8. The molecule has 33 heavy (non-hydrogen) atoms. The second-order valence-electron chi connectivity index (χ2n) is 6.65. The van der Waals surface area contributed by atoms with Crippen molar-refractivity contribution in [1.82, 2.24) is 5.43 Å². The zero-order chi connectivity index (χ0) is 23.6. The van der Waals surface area contributed by atoms with Crippen LogP contribution in [0.25, 0.3) is 0 Å². The fourth-order valence-corrected chi connectivity index (χ4v) is 3.00. The topological polar surface area (TPSA) is 98.3 Å². The molecule has 0 saturated carbocycles. The molecule has 0 unspecified atom stereocenters. The molecule has 0 aliphatic carbocycles. The molecular formula is C24H22ClN3O5. The normalized spacial score (nSPS) is 10.5. The highest BCUT2D eigenvalue weighted by Gasteiger charge is 2.10. The van der Waals surface area contributed by atoms with Gasteiger partial charge in [0, 0.05) is 16.1 Å². The highest BCUT2D eigenvalue weighted by Crippen LogP contribution is 2.24. The predicted molar refractivity (Wildman–Crippen MR) is 127 cm³/mol. The fraction of sp³-hybridized carbons (Fsp3) is 0.125. The summed E-state index contributed by atoms with van der Waals surface area (Å²) in [5.41, 5.74) is 3.85. The zero-order valence-electron chi connectivity index (χ0n) is 18.0. The monoisotopic (exact) mass is 467 g/mol. The second kappa shape index (κ2) is 11.5. The van der Waals surface area contributed by atoms with Gasteiger partial charge < -0.3 is 19.5 Å². The van der Waals surface area contributed by atoms with E-state index in [-0.39, 0.29) is 12.5 Å². The number of carbonyl (C=O) groups is 2. The Morgan fingerprint density at radius 2 is 1.79 bits per heavy atom. The molecule has 0 aliphatic heterocycles. The first-order valence-corrected chi connectivity index (χ1v) is 10.2. The van der Waals surface area contributed by atoms with E-state index in [0.29, 0.717) is 39.1 Å². The van der Waals surface area contributed by atoms with Crippen LogP contribution in [0.2, 0.25) is 5.02 Å². The Morgan fingerprint density at radius 1 is 0.970 bits per heavy atom.